The molecule has 2 aromatic carbocycles. The Morgan fingerprint density at radius 3 is 2.47 bits per heavy atom. The average Bonchev–Trinajstić information content (AvgIpc) is 2.78. The molecule has 2 aromatic rings. The molecule has 1 unspecified atom stereocenters. The van der Waals surface area contributed by atoms with Crippen LogP contribution in [-0.2, 0) is 9.53 Å². The molecule has 1 aliphatic rings. The molecule has 0 radical (unpaired) electrons. The number of nitrogens with one attached hydrogen (secondary N) is 2. The van der Waals surface area contributed by atoms with Crippen LogP contribution in [0.4, 0.5) is 11.4 Å². The van der Waals surface area contributed by atoms with Crippen LogP contribution in [0.2, 0.25) is 0 Å². The Morgan fingerprint density at radius 2 is 1.80 bits per heavy atom. The summed E-state index contributed by atoms with van der Waals surface area (Å²) < 4.78 is 5.39. The normalized spacial score (nSPS) is 14.8. The lowest BCUT2D eigenvalue weighted by molar-refractivity contribution is -0.118. The summed E-state index contributed by atoms with van der Waals surface area (Å²) in [5.74, 6) is 0.351. The number of carbonyl (C=O) groups is 2. The van der Waals surface area contributed by atoms with Gasteiger partial charge in [-0.2, -0.15) is 11.8 Å². The van der Waals surface area contributed by atoms with Gasteiger partial charge in [0.1, 0.15) is 6.04 Å². The van der Waals surface area contributed by atoms with Gasteiger partial charge in [0.25, 0.3) is 5.91 Å². The summed E-state index contributed by atoms with van der Waals surface area (Å²) >= 11 is 1.65. The summed E-state index contributed by atoms with van der Waals surface area (Å²) in [6.45, 7) is 5.09. The van der Waals surface area contributed by atoms with Crippen molar-refractivity contribution < 1.29 is 14.3 Å². The van der Waals surface area contributed by atoms with Gasteiger partial charge in [0, 0.05) is 30.0 Å². The highest BCUT2D eigenvalue weighted by molar-refractivity contribution is 7.98. The van der Waals surface area contributed by atoms with Crippen LogP contribution in [0.5, 0.6) is 0 Å². The number of carbonyl (C=O) groups excluding carboxylic acids is 2. The second-order valence-electron chi connectivity index (χ2n) is 7.26. The Bertz CT molecular complexity index is 851. The molecular formula is C23H29N3O3S. The number of rotatable bonds is 8. The van der Waals surface area contributed by atoms with Crippen molar-refractivity contribution in [2.24, 2.45) is 0 Å². The maximum absolute atomic E-state index is 12.9. The molecule has 7 heteroatoms. The van der Waals surface area contributed by atoms with E-state index in [9.17, 15) is 9.59 Å². The maximum Gasteiger partial charge on any atom is 0.252 e. The number of aryl methyl sites for hydroxylation is 1. The van der Waals surface area contributed by atoms with E-state index in [-0.39, 0.29) is 11.8 Å². The molecule has 30 heavy (non-hydrogen) atoms. The number of hydrogen-bond donors (Lipinski definition) is 2. The molecule has 2 N–H and O–H groups in total. The topological polar surface area (TPSA) is 70.7 Å². The van der Waals surface area contributed by atoms with Crippen molar-refractivity contribution in [1.29, 1.82) is 0 Å². The lowest BCUT2D eigenvalue weighted by Crippen LogP contribution is -2.44. The molecule has 1 fully saturated rings. The molecule has 0 spiro atoms. The zero-order valence-electron chi connectivity index (χ0n) is 17.5. The van der Waals surface area contributed by atoms with Gasteiger partial charge in [-0.1, -0.05) is 18.2 Å². The fourth-order valence-electron chi connectivity index (χ4n) is 3.37. The predicted molar refractivity (Wildman–Crippen MR) is 124 cm³/mol. The van der Waals surface area contributed by atoms with E-state index in [4.69, 9.17) is 4.74 Å². The van der Waals surface area contributed by atoms with Gasteiger partial charge in [-0.3, -0.25) is 9.59 Å². The van der Waals surface area contributed by atoms with E-state index in [0.717, 1.165) is 49.0 Å². The summed E-state index contributed by atoms with van der Waals surface area (Å²) in [5.41, 5.74) is 3.31. The Balaban J connectivity index is 1.64. The third-order valence-electron chi connectivity index (χ3n) is 5.13. The number of morpholine rings is 1. The number of amides is 2. The molecule has 1 saturated heterocycles. The molecule has 1 heterocycles. The Hall–Kier alpha value is -2.51. The van der Waals surface area contributed by atoms with Crippen molar-refractivity contribution in [2.45, 2.75) is 19.4 Å². The van der Waals surface area contributed by atoms with Crippen molar-refractivity contribution in [2.75, 3.05) is 48.5 Å². The highest BCUT2D eigenvalue weighted by atomic mass is 32.2. The standard InChI is InChI=1S/C23H29N3O3S/c1-17-5-3-4-6-20(17)22(27)25-21(11-16-30-2)23(28)24-18-7-9-19(10-8-18)26-12-14-29-15-13-26/h3-10,21H,11-16H2,1-2H3,(H,24,28)(H,25,27). The van der Waals surface area contributed by atoms with E-state index in [0.29, 0.717) is 12.0 Å². The molecular weight excluding hydrogens is 398 g/mol. The average molecular weight is 428 g/mol. The fraction of sp³-hybridized carbons (Fsp3) is 0.391. The fourth-order valence-corrected chi connectivity index (χ4v) is 3.85. The summed E-state index contributed by atoms with van der Waals surface area (Å²) in [5, 5.41) is 5.85. The molecule has 2 amide bonds. The molecule has 0 saturated carbocycles. The van der Waals surface area contributed by atoms with E-state index >= 15 is 0 Å². The van der Waals surface area contributed by atoms with Crippen LogP contribution in [0, 0.1) is 6.92 Å². The summed E-state index contributed by atoms with van der Waals surface area (Å²) in [6, 6.07) is 14.6. The van der Waals surface area contributed by atoms with Crippen LogP contribution < -0.4 is 15.5 Å². The van der Waals surface area contributed by atoms with E-state index in [1.165, 1.54) is 0 Å². The molecule has 160 valence electrons. The zero-order valence-corrected chi connectivity index (χ0v) is 18.3. The van der Waals surface area contributed by atoms with Crippen molar-refractivity contribution in [3.8, 4) is 0 Å². The molecule has 1 aliphatic heterocycles. The first kappa shape index (κ1) is 22.2. The smallest absolute Gasteiger partial charge is 0.252 e. The molecule has 0 aliphatic carbocycles. The lowest BCUT2D eigenvalue weighted by Gasteiger charge is -2.29. The number of thioether (sulfide) groups is 1. The van der Waals surface area contributed by atoms with E-state index in [1.54, 1.807) is 17.8 Å². The van der Waals surface area contributed by atoms with Gasteiger partial charge in [-0.15, -0.1) is 0 Å². The maximum atomic E-state index is 12.9. The molecule has 6 nitrogen and oxygen atoms in total. The zero-order chi connectivity index (χ0) is 21.3. The van der Waals surface area contributed by atoms with Crippen LogP contribution in [0.15, 0.2) is 48.5 Å². The van der Waals surface area contributed by atoms with E-state index in [2.05, 4.69) is 15.5 Å². The highest BCUT2D eigenvalue weighted by Crippen LogP contribution is 2.19. The number of nitrogens with zero attached hydrogens (tertiary/aromatic N) is 1. The Labute approximate surface area is 182 Å². The minimum atomic E-state index is -0.594. The van der Waals surface area contributed by atoms with Crippen LogP contribution in [0.3, 0.4) is 0 Å². The first-order chi connectivity index (χ1) is 14.6. The molecule has 3 rings (SSSR count). The number of anilines is 2. The Morgan fingerprint density at radius 1 is 1.10 bits per heavy atom. The first-order valence-electron chi connectivity index (χ1n) is 10.2. The lowest BCUT2D eigenvalue weighted by atomic mass is 10.1. The van der Waals surface area contributed by atoms with Gasteiger partial charge in [0.05, 0.1) is 13.2 Å². The third-order valence-corrected chi connectivity index (χ3v) is 5.78. The molecule has 0 bridgehead atoms. The second kappa shape index (κ2) is 11.0. The summed E-state index contributed by atoms with van der Waals surface area (Å²) in [4.78, 5) is 27.9. The van der Waals surface area contributed by atoms with Gasteiger partial charge < -0.3 is 20.3 Å². The van der Waals surface area contributed by atoms with Crippen molar-refractivity contribution >= 4 is 35.0 Å². The van der Waals surface area contributed by atoms with Crippen molar-refractivity contribution in [1.82, 2.24) is 5.32 Å². The summed E-state index contributed by atoms with van der Waals surface area (Å²) in [7, 11) is 0. The monoisotopic (exact) mass is 427 g/mol. The van der Waals surface area contributed by atoms with Crippen molar-refractivity contribution in [3.05, 3.63) is 59.7 Å². The van der Waals surface area contributed by atoms with Crippen LogP contribution in [0.25, 0.3) is 0 Å². The van der Waals surface area contributed by atoms with Gasteiger partial charge in [-0.25, -0.2) is 0 Å². The molecule has 1 atom stereocenters. The quantitative estimate of drug-likeness (QED) is 0.676. The number of hydrogen-bond acceptors (Lipinski definition) is 5. The second-order valence-corrected chi connectivity index (χ2v) is 8.24. The highest BCUT2D eigenvalue weighted by Gasteiger charge is 2.22. The van der Waals surface area contributed by atoms with Gasteiger partial charge in [0.15, 0.2) is 0 Å². The first-order valence-corrected chi connectivity index (χ1v) is 11.6. The minimum absolute atomic E-state index is 0.204. The molecule has 0 aromatic heterocycles. The van der Waals surface area contributed by atoms with E-state index in [1.807, 2.05) is 55.6 Å². The van der Waals surface area contributed by atoms with Crippen molar-refractivity contribution in [3.63, 3.8) is 0 Å². The number of benzene rings is 2. The van der Waals surface area contributed by atoms with Crippen LogP contribution >= 0.6 is 11.8 Å². The van der Waals surface area contributed by atoms with Crippen LogP contribution in [-0.4, -0.2) is 56.2 Å². The minimum Gasteiger partial charge on any atom is -0.378 e. The number of ether oxygens (including phenoxy) is 1. The SMILES string of the molecule is CSCCC(NC(=O)c1ccccc1C)C(=O)Nc1ccc(N2CCOCC2)cc1. The van der Waals surface area contributed by atoms with Gasteiger partial charge in [-0.05, 0) is 61.2 Å². The van der Waals surface area contributed by atoms with Crippen LogP contribution in [0.1, 0.15) is 22.3 Å². The van der Waals surface area contributed by atoms with E-state index < -0.39 is 6.04 Å². The summed E-state index contributed by atoms with van der Waals surface area (Å²) in [6.07, 6.45) is 2.55. The Kier molecular flexibility index (Phi) is 8.16. The predicted octanol–water partition coefficient (Wildman–Crippen LogP) is 3.32. The van der Waals surface area contributed by atoms with Gasteiger partial charge >= 0.3 is 0 Å². The third kappa shape index (κ3) is 6.00. The van der Waals surface area contributed by atoms with Gasteiger partial charge in [0.2, 0.25) is 5.91 Å². The largest absolute Gasteiger partial charge is 0.378 e.